The van der Waals surface area contributed by atoms with Crippen LogP contribution in [0.1, 0.15) is 0 Å². The molecule has 0 radical (unpaired) electrons. The number of carboxylic acid groups (broad SMARTS) is 1. The maximum atomic E-state index is 13.7. The van der Waals surface area contributed by atoms with Gasteiger partial charge in [-0.1, -0.05) is 28.8 Å². The van der Waals surface area contributed by atoms with Crippen LogP contribution in [0.15, 0.2) is 53.5 Å². The van der Waals surface area contributed by atoms with Crippen molar-refractivity contribution in [3.63, 3.8) is 0 Å². The number of halogens is 5. The standard InChI is InChI=1S/C18H11ClF4N2O3/c1-25(8-14(28-18(26)27)16(24-25)17(19)23)13-5-3-2-4-10(13)9-6-11(20)15(22)12(21)7-9/h2-8,17H,1H3/p+1. The van der Waals surface area contributed by atoms with Gasteiger partial charge in [0.05, 0.1) is 0 Å². The van der Waals surface area contributed by atoms with Gasteiger partial charge >= 0.3 is 6.16 Å². The van der Waals surface area contributed by atoms with Gasteiger partial charge in [-0.05, 0) is 23.8 Å². The van der Waals surface area contributed by atoms with Crippen molar-refractivity contribution in [2.75, 3.05) is 7.05 Å². The Bertz CT molecular complexity index is 1000. The monoisotopic (exact) mass is 415 g/mol. The first-order chi connectivity index (χ1) is 13.1. The molecule has 2 atom stereocenters. The minimum atomic E-state index is -2.15. The predicted molar refractivity (Wildman–Crippen MR) is 94.8 cm³/mol. The molecule has 1 N–H and O–H groups in total. The summed E-state index contributed by atoms with van der Waals surface area (Å²) < 4.78 is 58.4. The molecule has 0 fully saturated rings. The normalized spacial score (nSPS) is 19.8. The first-order valence-corrected chi connectivity index (χ1v) is 8.19. The van der Waals surface area contributed by atoms with Crippen LogP contribution in [0.2, 0.25) is 0 Å². The molecule has 0 saturated carbocycles. The van der Waals surface area contributed by atoms with E-state index in [1.807, 2.05) is 0 Å². The molecule has 146 valence electrons. The molecule has 2 aromatic rings. The van der Waals surface area contributed by atoms with Crippen LogP contribution < -0.4 is 4.59 Å². The minimum absolute atomic E-state index is 0.00627. The molecule has 0 aromatic heterocycles. The fourth-order valence-corrected chi connectivity index (χ4v) is 3.02. The SMILES string of the molecule is C[N+]1(c2ccccc2-c2cc(F)c(F)c(F)c2)C=C(OC(=O)O)C(C(F)Cl)=N1. The van der Waals surface area contributed by atoms with Crippen molar-refractivity contribution in [1.29, 1.82) is 0 Å². The number of ether oxygens (including phenoxy) is 1. The fraction of sp³-hybridized carbons (Fsp3) is 0.111. The number of hydrogen-bond acceptors (Lipinski definition) is 3. The van der Waals surface area contributed by atoms with Gasteiger partial charge in [-0.3, -0.25) is 0 Å². The summed E-state index contributed by atoms with van der Waals surface area (Å²) in [6, 6.07) is 7.80. The van der Waals surface area contributed by atoms with Crippen molar-refractivity contribution in [2.45, 2.75) is 5.63 Å². The molecular formula is C18H12ClF4N2O3+. The van der Waals surface area contributed by atoms with E-state index in [1.165, 1.54) is 25.4 Å². The number of quaternary nitrogens is 1. The van der Waals surface area contributed by atoms with Crippen LogP contribution in [-0.4, -0.2) is 29.7 Å². The molecule has 10 heteroatoms. The summed E-state index contributed by atoms with van der Waals surface area (Å²) in [4.78, 5) is 10.9. The average Bonchev–Trinajstić information content (AvgIpc) is 2.96. The van der Waals surface area contributed by atoms with E-state index < -0.39 is 45.3 Å². The molecule has 2 unspecified atom stereocenters. The van der Waals surface area contributed by atoms with E-state index in [-0.39, 0.29) is 16.8 Å². The largest absolute Gasteiger partial charge is 0.511 e. The van der Waals surface area contributed by atoms with Gasteiger partial charge in [0.1, 0.15) is 7.05 Å². The van der Waals surface area contributed by atoms with E-state index >= 15 is 0 Å². The van der Waals surface area contributed by atoms with Crippen molar-refractivity contribution in [3.8, 4) is 11.1 Å². The molecule has 0 spiro atoms. The molecule has 28 heavy (non-hydrogen) atoms. The molecule has 0 saturated heterocycles. The van der Waals surface area contributed by atoms with Gasteiger partial charge in [0.2, 0.25) is 11.4 Å². The van der Waals surface area contributed by atoms with E-state index in [0.29, 0.717) is 0 Å². The number of allylic oxidation sites excluding steroid dienone is 1. The summed E-state index contributed by atoms with van der Waals surface area (Å²) in [5, 5.41) is 12.9. The van der Waals surface area contributed by atoms with Gasteiger partial charge < -0.3 is 9.84 Å². The van der Waals surface area contributed by atoms with Crippen LogP contribution in [0, 0.1) is 17.5 Å². The summed E-state index contributed by atoms with van der Waals surface area (Å²) in [6.45, 7) is 0. The molecule has 1 aliphatic rings. The Morgan fingerprint density at radius 1 is 1.21 bits per heavy atom. The summed E-state index contributed by atoms with van der Waals surface area (Å²) in [6.07, 6.45) is -0.520. The summed E-state index contributed by atoms with van der Waals surface area (Å²) in [5.41, 5.74) is -2.07. The van der Waals surface area contributed by atoms with Gasteiger partial charge in [0.15, 0.2) is 35.1 Å². The van der Waals surface area contributed by atoms with Crippen LogP contribution in [-0.2, 0) is 4.74 Å². The van der Waals surface area contributed by atoms with Crippen molar-refractivity contribution in [2.24, 2.45) is 5.10 Å². The number of carbonyl (C=O) groups is 1. The number of hydrogen-bond donors (Lipinski definition) is 1. The molecule has 0 bridgehead atoms. The third kappa shape index (κ3) is 3.58. The third-order valence-corrected chi connectivity index (χ3v) is 4.23. The predicted octanol–water partition coefficient (Wildman–Crippen LogP) is 5.15. The maximum absolute atomic E-state index is 13.7. The van der Waals surface area contributed by atoms with Crippen LogP contribution >= 0.6 is 11.6 Å². The lowest BCUT2D eigenvalue weighted by Crippen LogP contribution is -2.31. The lowest BCUT2D eigenvalue weighted by Gasteiger charge is -2.22. The Balaban J connectivity index is 2.18. The van der Waals surface area contributed by atoms with E-state index in [9.17, 15) is 22.4 Å². The number of nitrogens with zero attached hydrogens (tertiary/aromatic N) is 2. The molecule has 0 aliphatic carbocycles. The second kappa shape index (κ2) is 7.25. The van der Waals surface area contributed by atoms with Crippen LogP contribution in [0.25, 0.3) is 11.1 Å². The van der Waals surface area contributed by atoms with Crippen molar-refractivity contribution in [1.82, 2.24) is 4.59 Å². The lowest BCUT2D eigenvalue weighted by atomic mass is 10.0. The second-order valence-corrected chi connectivity index (χ2v) is 6.33. The molecule has 1 heterocycles. The van der Waals surface area contributed by atoms with Gasteiger partial charge in [-0.2, -0.15) is 0 Å². The second-order valence-electron chi connectivity index (χ2n) is 5.94. The fourth-order valence-electron chi connectivity index (χ4n) is 2.87. The zero-order chi connectivity index (χ0) is 20.6. The minimum Gasteiger partial charge on any atom is -0.449 e. The first kappa shape index (κ1) is 19.8. The molecule has 1 aliphatic heterocycles. The Kier molecular flexibility index (Phi) is 5.14. The van der Waals surface area contributed by atoms with Crippen molar-refractivity contribution >= 4 is 29.2 Å². The molecule has 0 amide bonds. The number of alkyl halides is 2. The maximum Gasteiger partial charge on any atom is 0.511 e. The van der Waals surface area contributed by atoms with E-state index in [1.54, 1.807) is 12.1 Å². The molecule has 5 nitrogen and oxygen atoms in total. The Labute approximate surface area is 161 Å². The van der Waals surface area contributed by atoms with Crippen molar-refractivity contribution < 1.29 is 32.2 Å². The van der Waals surface area contributed by atoms with Gasteiger partial charge in [0.25, 0.3) is 0 Å². The van der Waals surface area contributed by atoms with Crippen molar-refractivity contribution in [3.05, 3.63) is 65.8 Å². The topological polar surface area (TPSA) is 58.9 Å². The molecular weight excluding hydrogens is 404 g/mol. The third-order valence-electron chi connectivity index (χ3n) is 4.03. The summed E-state index contributed by atoms with van der Waals surface area (Å²) in [5.74, 6) is -4.78. The van der Waals surface area contributed by atoms with Crippen LogP contribution in [0.4, 0.5) is 28.0 Å². The highest BCUT2D eigenvalue weighted by molar-refractivity contribution is 6.34. The smallest absolute Gasteiger partial charge is 0.449 e. The van der Waals surface area contributed by atoms with E-state index in [2.05, 4.69) is 9.84 Å². The highest BCUT2D eigenvalue weighted by Crippen LogP contribution is 2.39. The van der Waals surface area contributed by atoms with Crippen LogP contribution in [0.5, 0.6) is 0 Å². The highest BCUT2D eigenvalue weighted by Gasteiger charge is 2.40. The van der Waals surface area contributed by atoms with E-state index in [0.717, 1.165) is 12.1 Å². The Morgan fingerprint density at radius 3 is 2.39 bits per heavy atom. The molecule has 3 rings (SSSR count). The number of para-hydroxylation sites is 1. The number of rotatable bonds is 4. The van der Waals surface area contributed by atoms with Gasteiger partial charge in [-0.25, -0.2) is 22.4 Å². The van der Waals surface area contributed by atoms with Gasteiger partial charge in [0, 0.05) is 11.6 Å². The van der Waals surface area contributed by atoms with Gasteiger partial charge in [-0.15, -0.1) is 4.59 Å². The Hall–Kier alpha value is -2.91. The number of benzene rings is 2. The lowest BCUT2D eigenvalue weighted by molar-refractivity contribution is 0.123. The summed E-state index contributed by atoms with van der Waals surface area (Å²) >= 11 is 5.43. The zero-order valence-electron chi connectivity index (χ0n) is 14.2. The quantitative estimate of drug-likeness (QED) is 0.247. The van der Waals surface area contributed by atoms with Crippen LogP contribution in [0.3, 0.4) is 0 Å². The highest BCUT2D eigenvalue weighted by atomic mass is 35.5. The average molecular weight is 416 g/mol. The molecule has 2 aromatic carbocycles. The van der Waals surface area contributed by atoms with E-state index in [4.69, 9.17) is 16.7 Å². The summed E-state index contributed by atoms with van der Waals surface area (Å²) in [7, 11) is 1.45. The Morgan fingerprint density at radius 2 is 1.82 bits per heavy atom. The zero-order valence-corrected chi connectivity index (χ0v) is 14.9. The first-order valence-electron chi connectivity index (χ1n) is 7.75.